The van der Waals surface area contributed by atoms with E-state index in [1.54, 1.807) is 0 Å². The van der Waals surface area contributed by atoms with Crippen LogP contribution in [0.3, 0.4) is 0 Å². The Morgan fingerprint density at radius 2 is 1.67 bits per heavy atom. The van der Waals surface area contributed by atoms with E-state index in [1.165, 1.54) is 24.2 Å². The lowest BCUT2D eigenvalue weighted by atomic mass is 10.1. The monoisotopic (exact) mass is 570 g/mol. The summed E-state index contributed by atoms with van der Waals surface area (Å²) in [6.07, 6.45) is 0.962. The summed E-state index contributed by atoms with van der Waals surface area (Å²) >= 11 is 0. The van der Waals surface area contributed by atoms with Crippen LogP contribution in [0.5, 0.6) is 0 Å². The molecule has 0 aliphatic carbocycles. The van der Waals surface area contributed by atoms with Crippen LogP contribution in [0.4, 0.5) is 0 Å². The normalized spacial score (nSPS) is 20.1. The van der Waals surface area contributed by atoms with Crippen molar-refractivity contribution in [2.75, 3.05) is 52.4 Å². The van der Waals surface area contributed by atoms with Crippen molar-refractivity contribution in [3.8, 4) is 0 Å². The molecule has 186 valence electrons. The quantitative estimate of drug-likeness (QED) is 0.286. The predicted octanol–water partition coefficient (Wildman–Crippen LogP) is 2.75. The minimum Gasteiger partial charge on any atom is -0.357 e. The summed E-state index contributed by atoms with van der Waals surface area (Å²) in [5, 5.41) is 6.86. The van der Waals surface area contributed by atoms with Gasteiger partial charge in [-0.3, -0.25) is 9.69 Å². The molecule has 3 rings (SSSR count). The lowest BCUT2D eigenvalue weighted by Crippen LogP contribution is -2.45. The highest BCUT2D eigenvalue weighted by atomic mass is 127. The summed E-state index contributed by atoms with van der Waals surface area (Å²) in [7, 11) is 0. The van der Waals surface area contributed by atoms with Gasteiger partial charge in [0, 0.05) is 64.3 Å². The summed E-state index contributed by atoms with van der Waals surface area (Å²) in [5.41, 5.74) is 2.58. The SMILES string of the molecule is CCNC(=NCc1ccc(CN2CCN(CC)CC2)cc1)NC1CCN(C(=O)C(C)C)C1.I. The summed E-state index contributed by atoms with van der Waals surface area (Å²) in [6.45, 7) is 18.1. The van der Waals surface area contributed by atoms with Gasteiger partial charge in [-0.15, -0.1) is 24.0 Å². The van der Waals surface area contributed by atoms with E-state index in [1.807, 2.05) is 18.7 Å². The maximum Gasteiger partial charge on any atom is 0.225 e. The molecule has 1 atom stereocenters. The zero-order valence-electron chi connectivity index (χ0n) is 20.8. The topological polar surface area (TPSA) is 63.2 Å². The minimum atomic E-state index is 0. The first-order chi connectivity index (χ1) is 15.5. The second-order valence-electron chi connectivity index (χ2n) is 9.29. The van der Waals surface area contributed by atoms with Crippen LogP contribution in [-0.2, 0) is 17.9 Å². The average molecular weight is 571 g/mol. The number of guanidine groups is 1. The van der Waals surface area contributed by atoms with Crippen molar-refractivity contribution in [2.24, 2.45) is 10.9 Å². The third-order valence-electron chi connectivity index (χ3n) is 6.44. The van der Waals surface area contributed by atoms with Crippen LogP contribution in [-0.4, -0.2) is 85.0 Å². The molecule has 33 heavy (non-hydrogen) atoms. The third-order valence-corrected chi connectivity index (χ3v) is 6.44. The first-order valence-corrected chi connectivity index (χ1v) is 12.3. The predicted molar refractivity (Wildman–Crippen MR) is 147 cm³/mol. The number of amides is 1. The Kier molecular flexibility index (Phi) is 11.9. The van der Waals surface area contributed by atoms with Gasteiger partial charge in [0.05, 0.1) is 6.54 Å². The number of carbonyl (C=O) groups excluding carboxylic acids is 1. The number of likely N-dealkylation sites (tertiary alicyclic amines) is 1. The molecule has 2 fully saturated rings. The fourth-order valence-electron chi connectivity index (χ4n) is 4.40. The number of rotatable bonds is 8. The minimum absolute atomic E-state index is 0. The van der Waals surface area contributed by atoms with Crippen molar-refractivity contribution in [1.29, 1.82) is 0 Å². The van der Waals surface area contributed by atoms with Crippen molar-refractivity contribution < 1.29 is 4.79 Å². The Balaban J connectivity index is 0.00000385. The number of aliphatic imine (C=N–C) groups is 1. The number of hydrogen-bond donors (Lipinski definition) is 2. The molecule has 0 saturated carbocycles. The van der Waals surface area contributed by atoms with E-state index >= 15 is 0 Å². The number of hydrogen-bond acceptors (Lipinski definition) is 4. The van der Waals surface area contributed by atoms with E-state index in [9.17, 15) is 4.79 Å². The molecular weight excluding hydrogens is 527 g/mol. The van der Waals surface area contributed by atoms with E-state index in [0.29, 0.717) is 6.54 Å². The maximum absolute atomic E-state index is 12.2. The van der Waals surface area contributed by atoms with Crippen LogP contribution in [0.1, 0.15) is 45.2 Å². The number of nitrogens with zero attached hydrogens (tertiary/aromatic N) is 4. The molecule has 1 unspecified atom stereocenters. The van der Waals surface area contributed by atoms with Crippen LogP contribution in [0.2, 0.25) is 0 Å². The van der Waals surface area contributed by atoms with Crippen molar-refractivity contribution in [1.82, 2.24) is 25.3 Å². The Bertz CT molecular complexity index is 746. The number of piperazine rings is 1. The van der Waals surface area contributed by atoms with Crippen LogP contribution in [0.15, 0.2) is 29.3 Å². The van der Waals surface area contributed by atoms with Crippen LogP contribution >= 0.6 is 24.0 Å². The summed E-state index contributed by atoms with van der Waals surface area (Å²) < 4.78 is 0. The summed E-state index contributed by atoms with van der Waals surface area (Å²) in [4.78, 5) is 24.1. The van der Waals surface area contributed by atoms with E-state index in [2.05, 4.69) is 58.5 Å². The molecule has 2 heterocycles. The Labute approximate surface area is 217 Å². The van der Waals surface area contributed by atoms with E-state index in [0.717, 1.165) is 58.2 Å². The van der Waals surface area contributed by atoms with Gasteiger partial charge < -0.3 is 20.4 Å². The molecule has 1 amide bonds. The standard InChI is InChI=1S/C25H42N6O.HI/c1-5-26-25(28-23-11-12-31(19-23)24(32)20(3)4)27-17-21-7-9-22(10-8-21)18-30-15-13-29(6-2)14-16-30;/h7-10,20,23H,5-6,11-19H2,1-4H3,(H2,26,27,28);1H. The van der Waals surface area contributed by atoms with Gasteiger partial charge in [-0.25, -0.2) is 4.99 Å². The zero-order chi connectivity index (χ0) is 22.9. The molecule has 0 bridgehead atoms. The van der Waals surface area contributed by atoms with Crippen molar-refractivity contribution in [3.63, 3.8) is 0 Å². The summed E-state index contributed by atoms with van der Waals surface area (Å²) in [6, 6.07) is 9.13. The summed E-state index contributed by atoms with van der Waals surface area (Å²) in [5.74, 6) is 1.12. The fourth-order valence-corrected chi connectivity index (χ4v) is 4.40. The molecule has 0 radical (unpaired) electrons. The Hall–Kier alpha value is -1.39. The third kappa shape index (κ3) is 8.72. The maximum atomic E-state index is 12.2. The molecule has 2 aliphatic heterocycles. The van der Waals surface area contributed by atoms with Gasteiger partial charge in [0.15, 0.2) is 5.96 Å². The first kappa shape index (κ1) is 27.9. The highest BCUT2D eigenvalue weighted by molar-refractivity contribution is 14.0. The van der Waals surface area contributed by atoms with Crippen molar-refractivity contribution >= 4 is 35.8 Å². The van der Waals surface area contributed by atoms with Crippen LogP contribution in [0, 0.1) is 5.92 Å². The van der Waals surface area contributed by atoms with Gasteiger partial charge in [-0.05, 0) is 31.0 Å². The second kappa shape index (κ2) is 14.1. The van der Waals surface area contributed by atoms with Crippen LogP contribution < -0.4 is 10.6 Å². The smallest absolute Gasteiger partial charge is 0.225 e. The molecule has 0 spiro atoms. The molecular formula is C25H43IN6O. The highest BCUT2D eigenvalue weighted by Gasteiger charge is 2.28. The molecule has 2 saturated heterocycles. The molecule has 2 aliphatic rings. The van der Waals surface area contributed by atoms with E-state index in [4.69, 9.17) is 4.99 Å². The number of carbonyl (C=O) groups is 1. The van der Waals surface area contributed by atoms with Gasteiger partial charge in [-0.1, -0.05) is 45.0 Å². The lowest BCUT2D eigenvalue weighted by Gasteiger charge is -2.34. The number of benzene rings is 1. The average Bonchev–Trinajstić information content (AvgIpc) is 3.27. The number of halogens is 1. The van der Waals surface area contributed by atoms with Crippen LogP contribution in [0.25, 0.3) is 0 Å². The van der Waals surface area contributed by atoms with E-state index in [-0.39, 0.29) is 41.8 Å². The molecule has 1 aromatic carbocycles. The van der Waals surface area contributed by atoms with Gasteiger partial charge >= 0.3 is 0 Å². The largest absolute Gasteiger partial charge is 0.357 e. The molecule has 1 aromatic rings. The zero-order valence-corrected chi connectivity index (χ0v) is 23.2. The highest BCUT2D eigenvalue weighted by Crippen LogP contribution is 2.13. The lowest BCUT2D eigenvalue weighted by molar-refractivity contribution is -0.133. The molecule has 7 nitrogen and oxygen atoms in total. The van der Waals surface area contributed by atoms with Gasteiger partial charge in [0.25, 0.3) is 0 Å². The molecule has 8 heteroatoms. The fraction of sp³-hybridized carbons (Fsp3) is 0.680. The van der Waals surface area contributed by atoms with E-state index < -0.39 is 0 Å². The van der Waals surface area contributed by atoms with Crippen molar-refractivity contribution in [3.05, 3.63) is 35.4 Å². The Morgan fingerprint density at radius 1 is 1.03 bits per heavy atom. The molecule has 0 aromatic heterocycles. The molecule has 2 N–H and O–H groups in total. The van der Waals surface area contributed by atoms with Gasteiger partial charge in [0.1, 0.15) is 0 Å². The van der Waals surface area contributed by atoms with Gasteiger partial charge in [0.2, 0.25) is 5.91 Å². The number of likely N-dealkylation sites (N-methyl/N-ethyl adjacent to an activating group) is 1. The Morgan fingerprint density at radius 3 is 2.27 bits per heavy atom. The second-order valence-corrected chi connectivity index (χ2v) is 9.29. The first-order valence-electron chi connectivity index (χ1n) is 12.3. The number of nitrogens with one attached hydrogen (secondary N) is 2. The van der Waals surface area contributed by atoms with Crippen molar-refractivity contribution in [2.45, 2.75) is 53.2 Å². The van der Waals surface area contributed by atoms with Gasteiger partial charge in [-0.2, -0.15) is 0 Å².